The zero-order chi connectivity index (χ0) is 28.8. The van der Waals surface area contributed by atoms with Crippen LogP contribution in [0.5, 0.6) is 5.75 Å². The molecule has 1 fully saturated rings. The van der Waals surface area contributed by atoms with Crippen LogP contribution >= 0.6 is 15.9 Å². The molecule has 0 aliphatic carbocycles. The van der Waals surface area contributed by atoms with Crippen LogP contribution in [0.15, 0.2) is 47.2 Å². The largest absolute Gasteiger partial charge is 0.493 e. The third-order valence-electron chi connectivity index (χ3n) is 7.18. The first-order valence-corrected chi connectivity index (χ1v) is 14.5. The van der Waals surface area contributed by atoms with E-state index in [1.54, 1.807) is 6.07 Å². The highest BCUT2D eigenvalue weighted by molar-refractivity contribution is 9.10. The molecule has 0 unspecified atom stereocenters. The molecule has 5 rings (SSSR count). The molecule has 216 valence electrons. The van der Waals surface area contributed by atoms with Gasteiger partial charge in [0.1, 0.15) is 23.0 Å². The van der Waals surface area contributed by atoms with Gasteiger partial charge in [-0.2, -0.15) is 0 Å². The highest BCUT2D eigenvalue weighted by atomic mass is 79.9. The molecule has 0 saturated carbocycles. The number of ketones is 1. The van der Waals surface area contributed by atoms with E-state index in [-0.39, 0.29) is 30.2 Å². The zero-order valence-electron chi connectivity index (χ0n) is 23.0. The number of amides is 1. The van der Waals surface area contributed by atoms with Crippen molar-refractivity contribution in [3.63, 3.8) is 0 Å². The SMILES string of the molecule is Cc1ccc(Br)cc1NC(=O)c1[nH]cnc1C(=O)Cc1nc2ccc(OCCCN3CCN(CCO)CC3)cc2[nH]1. The second-order valence-electron chi connectivity index (χ2n) is 10.1. The number of halogens is 1. The number of carbonyl (C=O) groups excluding carboxylic acids is 2. The van der Waals surface area contributed by atoms with Crippen LogP contribution in [0.25, 0.3) is 11.0 Å². The van der Waals surface area contributed by atoms with Crippen molar-refractivity contribution in [1.29, 1.82) is 0 Å². The van der Waals surface area contributed by atoms with Gasteiger partial charge in [0, 0.05) is 55.5 Å². The number of aromatic amines is 2. The number of piperazine rings is 1. The average Bonchev–Trinajstić information content (AvgIpc) is 3.61. The number of imidazole rings is 2. The number of carbonyl (C=O) groups is 2. The number of aliphatic hydroxyl groups excluding tert-OH is 1. The van der Waals surface area contributed by atoms with E-state index < -0.39 is 5.91 Å². The molecule has 0 spiro atoms. The predicted molar refractivity (Wildman–Crippen MR) is 160 cm³/mol. The predicted octanol–water partition coefficient (Wildman–Crippen LogP) is 3.41. The fourth-order valence-electron chi connectivity index (χ4n) is 4.90. The van der Waals surface area contributed by atoms with Gasteiger partial charge in [0.25, 0.3) is 5.91 Å². The van der Waals surface area contributed by atoms with Crippen LogP contribution in [-0.4, -0.2) is 99.0 Å². The lowest BCUT2D eigenvalue weighted by Crippen LogP contribution is -2.47. The molecule has 2 aromatic heterocycles. The molecule has 1 aliphatic rings. The second kappa shape index (κ2) is 13.4. The number of nitrogens with one attached hydrogen (secondary N) is 3. The van der Waals surface area contributed by atoms with Gasteiger partial charge in [-0.05, 0) is 43.2 Å². The molecule has 1 saturated heterocycles. The van der Waals surface area contributed by atoms with Gasteiger partial charge in [0.2, 0.25) is 0 Å². The maximum absolute atomic E-state index is 13.1. The van der Waals surface area contributed by atoms with Crippen molar-refractivity contribution in [2.45, 2.75) is 19.8 Å². The summed E-state index contributed by atoms with van der Waals surface area (Å²) in [5.41, 5.74) is 3.21. The van der Waals surface area contributed by atoms with Crippen LogP contribution in [-0.2, 0) is 6.42 Å². The second-order valence-corrected chi connectivity index (χ2v) is 11.0. The molecule has 3 heterocycles. The lowest BCUT2D eigenvalue weighted by atomic mass is 10.1. The summed E-state index contributed by atoms with van der Waals surface area (Å²) in [7, 11) is 0. The average molecular weight is 625 g/mol. The number of hydrogen-bond donors (Lipinski definition) is 4. The smallest absolute Gasteiger partial charge is 0.274 e. The number of rotatable bonds is 12. The van der Waals surface area contributed by atoms with Gasteiger partial charge in [0.05, 0.1) is 37.0 Å². The van der Waals surface area contributed by atoms with Crippen molar-refractivity contribution in [1.82, 2.24) is 29.7 Å². The maximum atomic E-state index is 13.1. The number of aromatic nitrogens is 4. The minimum atomic E-state index is -0.442. The molecule has 1 aliphatic heterocycles. The van der Waals surface area contributed by atoms with Crippen LogP contribution in [0.4, 0.5) is 5.69 Å². The van der Waals surface area contributed by atoms with E-state index in [4.69, 9.17) is 9.84 Å². The Balaban J connectivity index is 1.14. The van der Waals surface area contributed by atoms with Gasteiger partial charge >= 0.3 is 0 Å². The Bertz CT molecular complexity index is 1510. The summed E-state index contributed by atoms with van der Waals surface area (Å²) < 4.78 is 6.81. The lowest BCUT2D eigenvalue weighted by molar-refractivity contribution is 0.0965. The van der Waals surface area contributed by atoms with Crippen molar-refractivity contribution in [2.75, 3.05) is 57.8 Å². The quantitative estimate of drug-likeness (QED) is 0.139. The van der Waals surface area contributed by atoms with Crippen molar-refractivity contribution < 1.29 is 19.4 Å². The summed E-state index contributed by atoms with van der Waals surface area (Å²) in [4.78, 5) is 45.4. The maximum Gasteiger partial charge on any atom is 0.274 e. The van der Waals surface area contributed by atoms with Crippen LogP contribution in [0.1, 0.15) is 38.8 Å². The van der Waals surface area contributed by atoms with Crippen LogP contribution in [0.2, 0.25) is 0 Å². The van der Waals surface area contributed by atoms with Gasteiger partial charge in [-0.1, -0.05) is 22.0 Å². The lowest BCUT2D eigenvalue weighted by Gasteiger charge is -2.34. The first-order chi connectivity index (χ1) is 19.9. The summed E-state index contributed by atoms with van der Waals surface area (Å²) in [5.74, 6) is 0.457. The fraction of sp³-hybridized carbons (Fsp3) is 0.379. The van der Waals surface area contributed by atoms with Crippen molar-refractivity contribution in [3.8, 4) is 5.75 Å². The highest BCUT2D eigenvalue weighted by Crippen LogP contribution is 2.23. The minimum absolute atomic E-state index is 0.0303. The monoisotopic (exact) mass is 623 g/mol. The third-order valence-corrected chi connectivity index (χ3v) is 7.67. The summed E-state index contributed by atoms with van der Waals surface area (Å²) in [6.07, 6.45) is 2.23. The van der Waals surface area contributed by atoms with E-state index in [9.17, 15) is 9.59 Å². The topological polar surface area (TPSA) is 139 Å². The van der Waals surface area contributed by atoms with Gasteiger partial charge in [0.15, 0.2) is 5.78 Å². The Kier molecular flexibility index (Phi) is 9.45. The van der Waals surface area contributed by atoms with Crippen molar-refractivity contribution in [2.24, 2.45) is 0 Å². The molecule has 12 heteroatoms. The first kappa shape index (κ1) is 28.9. The number of anilines is 1. The van der Waals surface area contributed by atoms with E-state index in [1.807, 2.05) is 37.3 Å². The Morgan fingerprint density at radius 2 is 1.88 bits per heavy atom. The van der Waals surface area contributed by atoms with Gasteiger partial charge < -0.3 is 30.0 Å². The Morgan fingerprint density at radius 1 is 1.10 bits per heavy atom. The molecule has 2 aromatic carbocycles. The normalized spacial score (nSPS) is 14.4. The van der Waals surface area contributed by atoms with Crippen LogP contribution in [0, 0.1) is 6.92 Å². The molecule has 0 bridgehead atoms. The number of H-pyrrole nitrogens is 2. The number of hydrogen-bond acceptors (Lipinski definition) is 8. The molecule has 41 heavy (non-hydrogen) atoms. The molecule has 11 nitrogen and oxygen atoms in total. The number of nitrogens with zero attached hydrogens (tertiary/aromatic N) is 4. The van der Waals surface area contributed by atoms with E-state index in [1.165, 1.54) is 6.33 Å². The fourth-order valence-corrected chi connectivity index (χ4v) is 5.26. The summed E-state index contributed by atoms with van der Waals surface area (Å²) in [6, 6.07) is 11.2. The third kappa shape index (κ3) is 7.39. The van der Waals surface area contributed by atoms with E-state index in [0.717, 1.165) is 72.5 Å². The van der Waals surface area contributed by atoms with Crippen LogP contribution in [0.3, 0.4) is 0 Å². The Morgan fingerprint density at radius 3 is 2.66 bits per heavy atom. The summed E-state index contributed by atoms with van der Waals surface area (Å²) in [5, 5.41) is 11.9. The molecular formula is C29H34BrN7O4. The molecule has 4 N–H and O–H groups in total. The standard InChI is InChI=1S/C29H34BrN7O4/c1-19-3-4-20(30)15-23(19)35-29(40)28-27(31-18-32-28)25(39)17-26-33-22-6-5-21(16-24(22)34-26)41-14-2-7-36-8-10-37(11-9-36)12-13-38/h3-6,15-16,18,38H,2,7-14,17H2,1H3,(H,31,32)(H,33,34)(H,35,40). The molecule has 0 atom stereocenters. The summed E-state index contributed by atoms with van der Waals surface area (Å²) >= 11 is 3.41. The molecule has 4 aromatic rings. The number of aliphatic hydroxyl groups is 1. The number of aryl methyl sites for hydroxylation is 1. The highest BCUT2D eigenvalue weighted by Gasteiger charge is 2.22. The Hall–Kier alpha value is -3.58. The van der Waals surface area contributed by atoms with E-state index >= 15 is 0 Å². The first-order valence-electron chi connectivity index (χ1n) is 13.7. The van der Waals surface area contributed by atoms with Gasteiger partial charge in [-0.15, -0.1) is 0 Å². The molecular weight excluding hydrogens is 590 g/mol. The number of ether oxygens (including phenoxy) is 1. The number of β-amino-alcohol motifs (C(OH)–C–C–N with tert-alkyl or cyclic N) is 1. The minimum Gasteiger partial charge on any atom is -0.493 e. The van der Waals surface area contributed by atoms with Gasteiger partial charge in [-0.3, -0.25) is 14.5 Å². The van der Waals surface area contributed by atoms with E-state index in [0.29, 0.717) is 18.1 Å². The Labute approximate surface area is 246 Å². The molecule has 1 amide bonds. The van der Waals surface area contributed by atoms with Crippen LogP contribution < -0.4 is 10.1 Å². The van der Waals surface area contributed by atoms with Crippen molar-refractivity contribution in [3.05, 3.63) is 70.0 Å². The van der Waals surface area contributed by atoms with Crippen molar-refractivity contribution >= 4 is 44.3 Å². The number of fused-ring (bicyclic) bond motifs is 1. The summed E-state index contributed by atoms with van der Waals surface area (Å²) in [6.45, 7) is 8.43. The van der Waals surface area contributed by atoms with Gasteiger partial charge in [-0.25, -0.2) is 9.97 Å². The van der Waals surface area contributed by atoms with E-state index in [2.05, 4.69) is 51.0 Å². The zero-order valence-corrected chi connectivity index (χ0v) is 24.5. The number of benzene rings is 2. The molecule has 0 radical (unpaired) electrons. The number of Topliss-reactive ketones (excluding diaryl/α,β-unsaturated/α-hetero) is 1.